The second-order valence-corrected chi connectivity index (χ2v) is 21.4. The molecule has 69 heavy (non-hydrogen) atoms. The van der Waals surface area contributed by atoms with Gasteiger partial charge in [-0.25, -0.2) is 0 Å². The van der Waals surface area contributed by atoms with Crippen molar-refractivity contribution >= 4 is 11.9 Å². The summed E-state index contributed by atoms with van der Waals surface area (Å²) in [7, 11) is 0. The normalized spacial score (nSPS) is 12.7. The van der Waals surface area contributed by atoms with E-state index in [4.69, 9.17) is 4.74 Å². The molecule has 0 aromatic heterocycles. The van der Waals surface area contributed by atoms with Gasteiger partial charge in [-0.1, -0.05) is 295 Å². The zero-order valence-electron chi connectivity index (χ0n) is 46.6. The number of aliphatic hydroxyl groups excluding tert-OH is 2. The Balaban J connectivity index is 3.36. The summed E-state index contributed by atoms with van der Waals surface area (Å²) in [6.07, 6.45) is 71.8. The van der Waals surface area contributed by atoms with E-state index in [1.807, 2.05) is 0 Å². The number of ether oxygens (including phenoxy) is 1. The topological polar surface area (TPSA) is 95.9 Å². The molecule has 0 aliphatic carbocycles. The Hall–Kier alpha value is -1.66. The van der Waals surface area contributed by atoms with Gasteiger partial charge < -0.3 is 20.3 Å². The first kappa shape index (κ1) is 67.3. The van der Waals surface area contributed by atoms with Crippen LogP contribution in [0.2, 0.25) is 0 Å². The van der Waals surface area contributed by atoms with Crippen LogP contribution in [0.1, 0.15) is 341 Å². The summed E-state index contributed by atoms with van der Waals surface area (Å²) in [6, 6.07) is -0.541. The van der Waals surface area contributed by atoms with Gasteiger partial charge in [0.25, 0.3) is 0 Å². The summed E-state index contributed by atoms with van der Waals surface area (Å²) >= 11 is 0. The van der Waals surface area contributed by atoms with E-state index in [1.54, 1.807) is 0 Å². The number of rotatable bonds is 58. The lowest BCUT2D eigenvalue weighted by Crippen LogP contribution is -2.45. The van der Waals surface area contributed by atoms with Crippen molar-refractivity contribution in [3.8, 4) is 0 Å². The Bertz CT molecular complexity index is 1080. The highest BCUT2D eigenvalue weighted by molar-refractivity contribution is 5.76. The molecule has 1 amide bonds. The Labute approximate surface area is 431 Å². The highest BCUT2D eigenvalue weighted by Crippen LogP contribution is 2.18. The van der Waals surface area contributed by atoms with Gasteiger partial charge in [0.05, 0.1) is 25.4 Å². The van der Waals surface area contributed by atoms with Crippen LogP contribution in [0, 0.1) is 0 Å². The first-order valence-corrected chi connectivity index (χ1v) is 31.1. The van der Waals surface area contributed by atoms with Crippen molar-refractivity contribution in [2.45, 2.75) is 353 Å². The third-order valence-corrected chi connectivity index (χ3v) is 14.5. The first-order valence-electron chi connectivity index (χ1n) is 31.1. The van der Waals surface area contributed by atoms with Crippen molar-refractivity contribution in [2.75, 3.05) is 13.2 Å². The minimum Gasteiger partial charge on any atom is -0.466 e. The maximum absolute atomic E-state index is 12.5. The van der Waals surface area contributed by atoms with Gasteiger partial charge in [-0.2, -0.15) is 0 Å². The monoisotopic (exact) mass is 972 g/mol. The lowest BCUT2D eigenvalue weighted by Gasteiger charge is -2.22. The van der Waals surface area contributed by atoms with Crippen LogP contribution in [0.25, 0.3) is 0 Å². The largest absolute Gasteiger partial charge is 0.466 e. The predicted octanol–water partition coefficient (Wildman–Crippen LogP) is 19.4. The predicted molar refractivity (Wildman–Crippen MR) is 301 cm³/mol. The van der Waals surface area contributed by atoms with Crippen molar-refractivity contribution in [2.24, 2.45) is 0 Å². The standard InChI is InChI=1S/C63H121NO5/c1-3-5-7-9-11-13-15-17-18-25-29-33-37-41-45-49-53-57-63(68)69-58-54-50-46-42-38-34-30-27-24-22-20-19-21-23-26-28-32-36-40-44-48-52-56-62(67)64-60(59-65)61(66)55-51-47-43-39-35-31-16-14-12-10-8-6-4-2/h11,13,17-18,60-61,65-66H,3-10,12,14-16,19-59H2,1-2H3,(H,64,67)/b13-11-,18-17-. The van der Waals surface area contributed by atoms with Crippen LogP contribution in [0.3, 0.4) is 0 Å². The lowest BCUT2D eigenvalue weighted by atomic mass is 10.0. The molecule has 2 unspecified atom stereocenters. The molecule has 0 heterocycles. The van der Waals surface area contributed by atoms with Crippen molar-refractivity contribution in [3.05, 3.63) is 24.3 Å². The zero-order chi connectivity index (χ0) is 50.0. The quantitative estimate of drug-likeness (QED) is 0.0321. The van der Waals surface area contributed by atoms with Gasteiger partial charge in [-0.3, -0.25) is 9.59 Å². The number of aliphatic hydroxyl groups is 2. The smallest absolute Gasteiger partial charge is 0.305 e. The van der Waals surface area contributed by atoms with Gasteiger partial charge >= 0.3 is 5.97 Å². The molecule has 6 heteroatoms. The lowest BCUT2D eigenvalue weighted by molar-refractivity contribution is -0.143. The molecule has 0 saturated heterocycles. The molecule has 0 spiro atoms. The summed E-state index contributed by atoms with van der Waals surface area (Å²) in [5.74, 6) is -0.0282. The molecule has 0 aromatic rings. The Morgan fingerprint density at radius 2 is 0.725 bits per heavy atom. The molecule has 0 aliphatic heterocycles. The molecule has 2 atom stereocenters. The van der Waals surface area contributed by atoms with Crippen LogP contribution in [0.5, 0.6) is 0 Å². The van der Waals surface area contributed by atoms with Gasteiger partial charge in [0.15, 0.2) is 0 Å². The van der Waals surface area contributed by atoms with Crippen LogP contribution >= 0.6 is 0 Å². The van der Waals surface area contributed by atoms with Crippen LogP contribution in [-0.2, 0) is 14.3 Å². The Morgan fingerprint density at radius 1 is 0.406 bits per heavy atom. The molecule has 0 fully saturated rings. The van der Waals surface area contributed by atoms with Crippen LogP contribution < -0.4 is 5.32 Å². The third kappa shape index (κ3) is 55.5. The molecule has 0 aromatic carbocycles. The number of carbonyl (C=O) groups excluding carboxylic acids is 2. The van der Waals surface area contributed by atoms with E-state index >= 15 is 0 Å². The molecular formula is C63H121NO5. The SMILES string of the molecule is CCCCC/C=C\C/C=C\CCCCCCCCCC(=O)OCCCCCCCCCCCCCCCCCCCCCCCCC(=O)NC(CO)C(O)CCCCCCCCCCCCCCC. The van der Waals surface area contributed by atoms with E-state index in [0.29, 0.717) is 25.9 Å². The van der Waals surface area contributed by atoms with Gasteiger partial charge in [-0.05, 0) is 57.8 Å². The van der Waals surface area contributed by atoms with Crippen molar-refractivity contribution in [1.82, 2.24) is 5.32 Å². The number of nitrogens with one attached hydrogen (secondary N) is 1. The Kier molecular flexibility index (Phi) is 57.5. The molecule has 0 radical (unpaired) electrons. The van der Waals surface area contributed by atoms with Gasteiger partial charge in [-0.15, -0.1) is 0 Å². The number of carbonyl (C=O) groups is 2. The maximum atomic E-state index is 12.5. The molecule has 3 N–H and O–H groups in total. The highest BCUT2D eigenvalue weighted by atomic mass is 16.5. The van der Waals surface area contributed by atoms with E-state index in [-0.39, 0.29) is 18.5 Å². The summed E-state index contributed by atoms with van der Waals surface area (Å²) in [6.45, 7) is 4.94. The zero-order valence-corrected chi connectivity index (χ0v) is 46.6. The molecular weight excluding hydrogens is 851 g/mol. The Morgan fingerprint density at radius 3 is 1.13 bits per heavy atom. The number of hydrogen-bond acceptors (Lipinski definition) is 5. The second-order valence-electron chi connectivity index (χ2n) is 21.4. The van der Waals surface area contributed by atoms with Gasteiger partial charge in [0, 0.05) is 12.8 Å². The maximum Gasteiger partial charge on any atom is 0.305 e. The van der Waals surface area contributed by atoms with E-state index in [2.05, 4.69) is 43.5 Å². The fraction of sp³-hybridized carbons (Fsp3) is 0.905. The number of hydrogen-bond donors (Lipinski definition) is 3. The molecule has 0 saturated carbocycles. The fourth-order valence-corrected chi connectivity index (χ4v) is 9.73. The van der Waals surface area contributed by atoms with E-state index < -0.39 is 12.1 Å². The number of esters is 1. The van der Waals surface area contributed by atoms with Crippen LogP contribution in [0.15, 0.2) is 24.3 Å². The van der Waals surface area contributed by atoms with Crippen LogP contribution in [-0.4, -0.2) is 47.4 Å². The number of unbranched alkanes of at least 4 members (excludes halogenated alkanes) is 43. The van der Waals surface area contributed by atoms with E-state index in [1.165, 1.54) is 257 Å². The number of amides is 1. The molecule has 0 rings (SSSR count). The summed E-state index contributed by atoms with van der Waals surface area (Å²) in [5.41, 5.74) is 0. The average molecular weight is 973 g/mol. The minimum absolute atomic E-state index is 0.00589. The fourth-order valence-electron chi connectivity index (χ4n) is 9.73. The highest BCUT2D eigenvalue weighted by Gasteiger charge is 2.20. The molecule has 0 aliphatic rings. The summed E-state index contributed by atoms with van der Waals surface area (Å²) < 4.78 is 5.49. The van der Waals surface area contributed by atoms with E-state index in [9.17, 15) is 19.8 Å². The molecule has 0 bridgehead atoms. The third-order valence-electron chi connectivity index (χ3n) is 14.5. The summed E-state index contributed by atoms with van der Waals surface area (Å²) in [4.78, 5) is 24.5. The van der Waals surface area contributed by atoms with Gasteiger partial charge in [0.1, 0.15) is 0 Å². The van der Waals surface area contributed by atoms with E-state index in [0.717, 1.165) is 51.4 Å². The van der Waals surface area contributed by atoms with Crippen molar-refractivity contribution in [3.63, 3.8) is 0 Å². The number of allylic oxidation sites excluding steroid dienone is 4. The second kappa shape index (κ2) is 58.9. The first-order chi connectivity index (χ1) is 34.0. The molecule has 6 nitrogen and oxygen atoms in total. The minimum atomic E-state index is -0.663. The summed E-state index contributed by atoms with van der Waals surface area (Å²) in [5, 5.41) is 23.3. The van der Waals surface area contributed by atoms with Crippen molar-refractivity contribution in [1.29, 1.82) is 0 Å². The van der Waals surface area contributed by atoms with Gasteiger partial charge in [0.2, 0.25) is 5.91 Å². The van der Waals surface area contributed by atoms with Crippen LogP contribution in [0.4, 0.5) is 0 Å². The average Bonchev–Trinajstić information content (AvgIpc) is 3.35. The van der Waals surface area contributed by atoms with Crippen molar-refractivity contribution < 1.29 is 24.5 Å². The molecule has 408 valence electrons.